The van der Waals surface area contributed by atoms with Gasteiger partial charge in [0.05, 0.1) is 0 Å². The highest BCUT2D eigenvalue weighted by Crippen LogP contribution is 2.22. The second-order valence-corrected chi connectivity index (χ2v) is 6.26. The van der Waals surface area contributed by atoms with Crippen LogP contribution in [0.5, 0.6) is 0 Å². The topological polar surface area (TPSA) is 89.3 Å². The molecule has 8 heteroatoms. The summed E-state index contributed by atoms with van der Waals surface area (Å²) >= 11 is 0. The third-order valence-corrected chi connectivity index (χ3v) is 4.21. The minimum absolute atomic E-state index is 0.139. The van der Waals surface area contributed by atoms with Gasteiger partial charge in [-0.1, -0.05) is 12.8 Å². The van der Waals surface area contributed by atoms with Gasteiger partial charge in [0.1, 0.15) is 16.3 Å². The van der Waals surface area contributed by atoms with Gasteiger partial charge in [-0.3, -0.25) is 4.79 Å². The van der Waals surface area contributed by atoms with Crippen LogP contribution in [0.4, 0.5) is 8.78 Å². The number of carbonyl (C=O) groups excluding carboxylic acids is 1. The van der Waals surface area contributed by atoms with Gasteiger partial charge in [-0.05, 0) is 25.0 Å². The van der Waals surface area contributed by atoms with E-state index >= 15 is 0 Å². The van der Waals surface area contributed by atoms with Gasteiger partial charge >= 0.3 is 0 Å². The lowest BCUT2D eigenvalue weighted by atomic mass is 10.1. The van der Waals surface area contributed by atoms with Crippen molar-refractivity contribution < 1.29 is 22.0 Å². The highest BCUT2D eigenvalue weighted by molar-refractivity contribution is 7.89. The fourth-order valence-corrected chi connectivity index (χ4v) is 2.90. The molecule has 0 bridgehead atoms. The normalized spacial score (nSPS) is 16.4. The Balaban J connectivity index is 2.37. The molecule has 0 aromatic heterocycles. The minimum atomic E-state index is -4.36. The molecule has 0 unspecified atom stereocenters. The molecule has 0 saturated heterocycles. The van der Waals surface area contributed by atoms with Gasteiger partial charge in [-0.2, -0.15) is 0 Å². The highest BCUT2D eigenvalue weighted by Gasteiger charge is 2.27. The van der Waals surface area contributed by atoms with E-state index in [0.29, 0.717) is 12.1 Å². The lowest BCUT2D eigenvalue weighted by Gasteiger charge is -2.13. The summed E-state index contributed by atoms with van der Waals surface area (Å²) in [6.45, 7) is 0. The molecule has 3 N–H and O–H groups in total. The van der Waals surface area contributed by atoms with E-state index in [1.54, 1.807) is 0 Å². The first kappa shape index (κ1) is 14.9. The van der Waals surface area contributed by atoms with Crippen LogP contribution in [0.2, 0.25) is 0 Å². The van der Waals surface area contributed by atoms with Crippen molar-refractivity contribution in [2.24, 2.45) is 5.14 Å². The van der Waals surface area contributed by atoms with Crippen LogP contribution in [-0.2, 0) is 10.0 Å². The van der Waals surface area contributed by atoms with Crippen molar-refractivity contribution in [2.75, 3.05) is 0 Å². The molecular formula is C12H14F2N2O3S. The predicted molar refractivity (Wildman–Crippen MR) is 67.5 cm³/mol. The van der Waals surface area contributed by atoms with E-state index < -0.39 is 38.0 Å². The van der Waals surface area contributed by atoms with Crippen LogP contribution in [0, 0.1) is 11.6 Å². The first-order chi connectivity index (χ1) is 9.30. The number of hydrogen-bond acceptors (Lipinski definition) is 3. The molecule has 20 heavy (non-hydrogen) atoms. The van der Waals surface area contributed by atoms with Gasteiger partial charge in [-0.25, -0.2) is 22.3 Å². The molecule has 1 aliphatic carbocycles. The molecule has 1 aromatic rings. The van der Waals surface area contributed by atoms with Crippen LogP contribution < -0.4 is 10.5 Å². The zero-order chi connectivity index (χ0) is 14.9. The summed E-state index contributed by atoms with van der Waals surface area (Å²) in [6, 6.07) is 1.28. The van der Waals surface area contributed by atoms with Gasteiger partial charge in [-0.15, -0.1) is 0 Å². The zero-order valence-electron chi connectivity index (χ0n) is 10.5. The number of rotatable bonds is 3. The minimum Gasteiger partial charge on any atom is -0.349 e. The molecule has 0 radical (unpaired) electrons. The quantitative estimate of drug-likeness (QED) is 0.881. The first-order valence-corrected chi connectivity index (χ1v) is 7.67. The van der Waals surface area contributed by atoms with E-state index in [4.69, 9.17) is 5.14 Å². The second-order valence-electron chi connectivity index (χ2n) is 4.73. The monoisotopic (exact) mass is 304 g/mol. The Kier molecular flexibility index (Phi) is 4.05. The van der Waals surface area contributed by atoms with Crippen LogP contribution in [0.1, 0.15) is 36.0 Å². The number of hydrogen-bond donors (Lipinski definition) is 2. The molecular weight excluding hydrogens is 290 g/mol. The van der Waals surface area contributed by atoms with Crippen molar-refractivity contribution in [3.8, 4) is 0 Å². The number of primary sulfonamides is 1. The first-order valence-electron chi connectivity index (χ1n) is 6.12. The molecule has 110 valence electrons. The molecule has 1 fully saturated rings. The lowest BCUT2D eigenvalue weighted by molar-refractivity contribution is 0.0928. The van der Waals surface area contributed by atoms with E-state index in [-0.39, 0.29) is 6.04 Å². The molecule has 5 nitrogen and oxygen atoms in total. The van der Waals surface area contributed by atoms with Crippen molar-refractivity contribution in [3.63, 3.8) is 0 Å². The molecule has 0 heterocycles. The molecule has 1 aromatic carbocycles. The SMILES string of the molecule is NS(=O)(=O)c1ccc(F)c(C(=O)NC2CCCC2)c1F. The molecule has 2 rings (SSSR count). The third-order valence-electron chi connectivity index (χ3n) is 3.28. The number of sulfonamides is 1. The van der Waals surface area contributed by atoms with E-state index in [0.717, 1.165) is 25.7 Å². The summed E-state index contributed by atoms with van der Waals surface area (Å²) in [5.74, 6) is -3.54. The zero-order valence-corrected chi connectivity index (χ0v) is 11.3. The third kappa shape index (κ3) is 2.96. The van der Waals surface area contributed by atoms with Crippen LogP contribution in [0.15, 0.2) is 17.0 Å². The summed E-state index contributed by atoms with van der Waals surface area (Å²) in [5, 5.41) is 7.32. The fourth-order valence-electron chi connectivity index (χ4n) is 2.29. The lowest BCUT2D eigenvalue weighted by Crippen LogP contribution is -2.34. The van der Waals surface area contributed by atoms with E-state index in [1.807, 2.05) is 0 Å². The maximum absolute atomic E-state index is 14.0. The summed E-state index contributed by atoms with van der Waals surface area (Å²) in [4.78, 5) is 11.0. The van der Waals surface area contributed by atoms with Gasteiger partial charge < -0.3 is 5.32 Å². The predicted octanol–water partition coefficient (Wildman–Crippen LogP) is 1.28. The van der Waals surface area contributed by atoms with E-state index in [1.165, 1.54) is 0 Å². The van der Waals surface area contributed by atoms with Crippen LogP contribution >= 0.6 is 0 Å². The number of carbonyl (C=O) groups is 1. The van der Waals surface area contributed by atoms with Crippen molar-refractivity contribution in [2.45, 2.75) is 36.6 Å². The van der Waals surface area contributed by atoms with Gasteiger partial charge in [0.25, 0.3) is 5.91 Å². The summed E-state index contributed by atoms with van der Waals surface area (Å²) in [7, 11) is -4.36. The van der Waals surface area contributed by atoms with Crippen LogP contribution in [0.3, 0.4) is 0 Å². The average molecular weight is 304 g/mol. The number of amides is 1. The Labute approximate surface area is 115 Å². The second kappa shape index (κ2) is 5.45. The highest BCUT2D eigenvalue weighted by atomic mass is 32.2. The van der Waals surface area contributed by atoms with Crippen molar-refractivity contribution in [1.29, 1.82) is 0 Å². The number of benzene rings is 1. The Morgan fingerprint density at radius 1 is 1.25 bits per heavy atom. The van der Waals surface area contributed by atoms with Gasteiger partial charge in [0.15, 0.2) is 5.82 Å². The smallest absolute Gasteiger partial charge is 0.257 e. The Morgan fingerprint density at radius 3 is 2.40 bits per heavy atom. The summed E-state index contributed by atoms with van der Waals surface area (Å²) < 4.78 is 49.9. The van der Waals surface area contributed by atoms with Crippen molar-refractivity contribution in [1.82, 2.24) is 5.32 Å². The number of halogens is 2. The van der Waals surface area contributed by atoms with Crippen LogP contribution in [-0.4, -0.2) is 20.4 Å². The summed E-state index contributed by atoms with van der Waals surface area (Å²) in [6.07, 6.45) is 3.36. The van der Waals surface area contributed by atoms with Gasteiger partial charge in [0.2, 0.25) is 10.0 Å². The molecule has 1 aliphatic rings. The van der Waals surface area contributed by atoms with Crippen molar-refractivity contribution >= 4 is 15.9 Å². The molecule has 0 spiro atoms. The van der Waals surface area contributed by atoms with Crippen molar-refractivity contribution in [3.05, 3.63) is 29.3 Å². The standard InChI is InChI=1S/C12H14F2N2O3S/c13-8-5-6-9(20(15,18)19)11(14)10(8)12(17)16-7-3-1-2-4-7/h5-7H,1-4H2,(H,16,17)(H2,15,18,19). The average Bonchev–Trinajstić information content (AvgIpc) is 2.79. The number of nitrogens with two attached hydrogens (primary N) is 1. The Hall–Kier alpha value is -1.54. The Bertz CT molecular complexity index is 640. The Morgan fingerprint density at radius 2 is 1.85 bits per heavy atom. The van der Waals surface area contributed by atoms with E-state index in [9.17, 15) is 22.0 Å². The molecule has 1 saturated carbocycles. The molecule has 1 amide bonds. The molecule has 0 aliphatic heterocycles. The molecule has 0 atom stereocenters. The summed E-state index contributed by atoms with van der Waals surface area (Å²) in [5.41, 5.74) is -0.913. The maximum atomic E-state index is 14.0. The number of nitrogens with one attached hydrogen (secondary N) is 1. The maximum Gasteiger partial charge on any atom is 0.257 e. The van der Waals surface area contributed by atoms with E-state index in [2.05, 4.69) is 5.32 Å². The van der Waals surface area contributed by atoms with Crippen LogP contribution in [0.25, 0.3) is 0 Å². The fraction of sp³-hybridized carbons (Fsp3) is 0.417. The van der Waals surface area contributed by atoms with Gasteiger partial charge in [0, 0.05) is 6.04 Å². The largest absolute Gasteiger partial charge is 0.349 e.